The number of benzene rings is 2. The van der Waals surface area contributed by atoms with Crippen LogP contribution in [0.25, 0.3) is 26.7 Å². The molecule has 2 N–H and O–H groups in total. The van der Waals surface area contributed by atoms with Crippen LogP contribution < -0.4 is 14.2 Å². The minimum atomic E-state index is -4.13. The van der Waals surface area contributed by atoms with E-state index in [0.717, 1.165) is 31.4 Å². The van der Waals surface area contributed by atoms with Crippen molar-refractivity contribution < 1.29 is 39.6 Å². The van der Waals surface area contributed by atoms with Gasteiger partial charge >= 0.3 is 0 Å². The largest absolute Gasteiger partial charge is 0.439 e. The Morgan fingerprint density at radius 2 is 1.80 bits per heavy atom. The molecule has 0 bridgehead atoms. The van der Waals surface area contributed by atoms with Gasteiger partial charge in [0.05, 0.1) is 17.2 Å². The van der Waals surface area contributed by atoms with E-state index >= 15 is 0 Å². The van der Waals surface area contributed by atoms with E-state index in [0.29, 0.717) is 43.1 Å². The van der Waals surface area contributed by atoms with E-state index in [4.69, 9.17) is 9.29 Å². The maximum atomic E-state index is 14.2. The molecule has 0 saturated carbocycles. The van der Waals surface area contributed by atoms with Gasteiger partial charge in [-0.15, -0.1) is 11.3 Å². The summed E-state index contributed by atoms with van der Waals surface area (Å²) in [6.45, 7) is 2.71. The van der Waals surface area contributed by atoms with Crippen molar-refractivity contribution in [3.8, 4) is 16.2 Å². The molecule has 1 aliphatic rings. The third-order valence-corrected chi connectivity index (χ3v) is 10.7. The van der Waals surface area contributed by atoms with E-state index in [9.17, 15) is 25.8 Å². The van der Waals surface area contributed by atoms with E-state index in [-0.39, 0.29) is 30.2 Å². The number of thiophene rings is 1. The number of hydrogen-bond acceptors (Lipinski definition) is 8. The van der Waals surface area contributed by atoms with E-state index in [1.807, 2.05) is 64.3 Å². The fourth-order valence-corrected chi connectivity index (χ4v) is 7.90. The molecule has 9 nitrogen and oxygen atoms in total. The van der Waals surface area contributed by atoms with Gasteiger partial charge in [0.2, 0.25) is 11.4 Å². The van der Waals surface area contributed by atoms with Crippen molar-refractivity contribution >= 4 is 64.9 Å². The summed E-state index contributed by atoms with van der Waals surface area (Å²) in [5, 5.41) is 2.83. The van der Waals surface area contributed by atoms with Crippen LogP contribution in [0, 0.1) is 5.82 Å². The molecule has 2 aromatic heterocycles. The third-order valence-electron chi connectivity index (χ3n) is 7.07. The lowest BCUT2D eigenvalue weighted by Gasteiger charge is -2.19. The zero-order chi connectivity index (χ0) is 31.5. The van der Waals surface area contributed by atoms with Gasteiger partial charge in [-0.25, -0.2) is 4.39 Å². The summed E-state index contributed by atoms with van der Waals surface area (Å²) < 4.78 is 87.0. The Kier molecular flexibility index (Phi) is 9.87. The maximum absolute atomic E-state index is 14.2. The Morgan fingerprint density at radius 3 is 2.50 bits per heavy atom. The summed E-state index contributed by atoms with van der Waals surface area (Å²) in [6, 6.07) is 14.4. The fourth-order valence-electron chi connectivity index (χ4n) is 4.97. The lowest BCUT2D eigenvalue weighted by Crippen LogP contribution is -2.35. The summed E-state index contributed by atoms with van der Waals surface area (Å²) in [5.41, 5.74) is 3.37. The van der Waals surface area contributed by atoms with Crippen molar-refractivity contribution in [2.24, 2.45) is 0 Å². The van der Waals surface area contributed by atoms with Crippen LogP contribution in [-0.4, -0.2) is 44.0 Å². The Labute approximate surface area is 264 Å². The normalized spacial score (nSPS) is 14.9. The first-order valence-electron chi connectivity index (χ1n) is 14.0. The standard InChI is InChI=1S/C30H31FN2O7S4/c1-2-21(18-30-33(12-3-4-15-43(34,35)36)25-20-23(31)9-11-28(25)42-30)17-29-32(13-6-16-44(37,38)39)24-19-22(8-10-26(24)40-29)27-7-5-14-41-27/h5,7-11,14,17-20H,2-4,6,12-13,15-16H2,1H3,(H-,34,35,36,37,38,39)/p+1. The number of rotatable bonds is 13. The van der Waals surface area contributed by atoms with E-state index < -0.39 is 20.2 Å². The molecular weight excluding hydrogens is 648 g/mol. The smallest absolute Gasteiger partial charge is 0.264 e. The summed E-state index contributed by atoms with van der Waals surface area (Å²) in [4.78, 5) is 2.99. The highest BCUT2D eigenvalue weighted by Crippen LogP contribution is 2.43. The number of allylic oxidation sites excluding steroid dienone is 2. The molecule has 2 aromatic carbocycles. The molecule has 0 amide bonds. The van der Waals surface area contributed by atoms with Gasteiger partial charge in [0, 0.05) is 36.1 Å². The van der Waals surface area contributed by atoms with E-state index in [2.05, 4.69) is 0 Å². The Bertz CT molecular complexity index is 1930. The number of fused-ring (bicyclic) bond motifs is 2. The number of thiazole rings is 1. The molecule has 5 rings (SSSR count). The lowest BCUT2D eigenvalue weighted by atomic mass is 10.1. The second-order valence-electron chi connectivity index (χ2n) is 10.3. The maximum Gasteiger partial charge on any atom is 0.264 e. The molecular formula is C30H32FN2O7S4+. The predicted molar refractivity (Wildman–Crippen MR) is 173 cm³/mol. The van der Waals surface area contributed by atoms with Gasteiger partial charge < -0.3 is 9.64 Å². The number of nitrogens with zero attached hydrogens (tertiary/aromatic N) is 2. The van der Waals surface area contributed by atoms with Gasteiger partial charge in [-0.05, 0) is 72.2 Å². The first-order chi connectivity index (χ1) is 20.9. The second kappa shape index (κ2) is 13.5. The third kappa shape index (κ3) is 8.11. The highest BCUT2D eigenvalue weighted by Gasteiger charge is 2.28. The van der Waals surface area contributed by atoms with Crippen LogP contribution in [0.15, 0.2) is 71.4 Å². The van der Waals surface area contributed by atoms with Crippen LogP contribution in [0.2, 0.25) is 0 Å². The van der Waals surface area contributed by atoms with Crippen LogP contribution in [0.5, 0.6) is 5.75 Å². The van der Waals surface area contributed by atoms with Crippen molar-refractivity contribution in [1.29, 1.82) is 0 Å². The molecule has 0 unspecified atom stereocenters. The second-order valence-corrected chi connectivity index (χ2v) is 15.5. The number of aryl methyl sites for hydroxylation is 1. The molecule has 0 aliphatic carbocycles. The molecule has 1 aliphatic heterocycles. The first-order valence-corrected chi connectivity index (χ1v) is 18.9. The summed E-state index contributed by atoms with van der Waals surface area (Å²) >= 11 is 3.09. The van der Waals surface area contributed by atoms with Crippen LogP contribution in [0.4, 0.5) is 10.1 Å². The number of unbranched alkanes of at least 4 members (excludes halogenated alkanes) is 1. The summed E-state index contributed by atoms with van der Waals surface area (Å²) in [6.07, 6.45) is 5.39. The molecule has 0 fully saturated rings. The monoisotopic (exact) mass is 679 g/mol. The molecule has 44 heavy (non-hydrogen) atoms. The predicted octanol–water partition coefficient (Wildman–Crippen LogP) is 6.54. The fraction of sp³-hybridized carbons (Fsp3) is 0.300. The number of ether oxygens (including phenoxy) is 1. The Hall–Kier alpha value is -3.14. The quantitative estimate of drug-likeness (QED) is 0.0928. The van der Waals surface area contributed by atoms with Gasteiger partial charge in [0.1, 0.15) is 10.5 Å². The van der Waals surface area contributed by atoms with Gasteiger partial charge in [-0.2, -0.15) is 21.4 Å². The minimum Gasteiger partial charge on any atom is -0.439 e. The summed E-state index contributed by atoms with van der Waals surface area (Å²) in [7, 11) is -8.20. The average molecular weight is 680 g/mol. The van der Waals surface area contributed by atoms with Gasteiger partial charge in [-0.3, -0.25) is 9.11 Å². The van der Waals surface area contributed by atoms with Crippen LogP contribution >= 0.6 is 22.7 Å². The van der Waals surface area contributed by atoms with Crippen molar-refractivity contribution in [3.63, 3.8) is 0 Å². The molecule has 234 valence electrons. The SMILES string of the molecule is CCC(=Cc1sc2ccc(F)cc2[n+]1CCCCS(=O)(=O)O)C=C1Oc2ccc(-c3cccs3)cc2N1CCCS(=O)(=O)O. The zero-order valence-electron chi connectivity index (χ0n) is 23.8. The van der Waals surface area contributed by atoms with Crippen molar-refractivity contribution in [2.75, 3.05) is 23.0 Å². The zero-order valence-corrected chi connectivity index (χ0v) is 27.1. The number of halogens is 1. The Morgan fingerprint density at radius 1 is 1.02 bits per heavy atom. The molecule has 0 saturated heterocycles. The topological polar surface area (TPSA) is 125 Å². The Balaban J connectivity index is 1.49. The highest BCUT2D eigenvalue weighted by molar-refractivity contribution is 7.86. The number of aromatic nitrogens is 1. The van der Waals surface area contributed by atoms with Gasteiger partial charge in [-0.1, -0.05) is 24.3 Å². The lowest BCUT2D eigenvalue weighted by molar-refractivity contribution is -0.669. The number of anilines is 1. The molecule has 14 heteroatoms. The van der Waals surface area contributed by atoms with Crippen LogP contribution in [0.3, 0.4) is 0 Å². The van der Waals surface area contributed by atoms with Crippen molar-refractivity contribution in [1.82, 2.24) is 0 Å². The molecule has 0 atom stereocenters. The first kappa shape index (κ1) is 32.3. The van der Waals surface area contributed by atoms with Gasteiger partial charge in [0.25, 0.3) is 25.2 Å². The highest BCUT2D eigenvalue weighted by atomic mass is 32.2. The van der Waals surface area contributed by atoms with E-state index in [1.54, 1.807) is 17.4 Å². The number of hydrogen-bond donors (Lipinski definition) is 2. The van der Waals surface area contributed by atoms with Gasteiger partial charge in [0.15, 0.2) is 12.3 Å². The average Bonchev–Trinajstić information content (AvgIpc) is 3.68. The van der Waals surface area contributed by atoms with Crippen molar-refractivity contribution in [3.05, 3.63) is 82.3 Å². The minimum absolute atomic E-state index is 0.179. The molecule has 0 spiro atoms. The van der Waals surface area contributed by atoms with Crippen LogP contribution in [0.1, 0.15) is 37.6 Å². The molecule has 3 heterocycles. The molecule has 4 aromatic rings. The molecule has 0 radical (unpaired) electrons. The summed E-state index contributed by atoms with van der Waals surface area (Å²) in [5.74, 6) is 0.0306. The van der Waals surface area contributed by atoms with Crippen molar-refractivity contribution in [2.45, 2.75) is 39.2 Å². The van der Waals surface area contributed by atoms with Crippen LogP contribution in [-0.2, 0) is 26.8 Å². The van der Waals surface area contributed by atoms with E-state index in [1.165, 1.54) is 23.5 Å².